The van der Waals surface area contributed by atoms with Gasteiger partial charge in [-0.2, -0.15) is 0 Å². The number of halogens is 3. The predicted molar refractivity (Wildman–Crippen MR) is 95.7 cm³/mol. The molecular formula is C18H19Cl2FN2O. The summed E-state index contributed by atoms with van der Waals surface area (Å²) in [6.07, 6.45) is 0. The normalized spacial score (nSPS) is 16.8. The van der Waals surface area contributed by atoms with Crippen molar-refractivity contribution in [3.63, 3.8) is 0 Å². The molecular weight excluding hydrogens is 350 g/mol. The molecule has 0 aromatic heterocycles. The monoisotopic (exact) mass is 368 g/mol. The second-order valence-corrected chi connectivity index (χ2v) is 6.51. The van der Waals surface area contributed by atoms with E-state index in [0.717, 1.165) is 37.3 Å². The van der Waals surface area contributed by atoms with Gasteiger partial charge in [0, 0.05) is 26.2 Å². The molecule has 1 unspecified atom stereocenters. The molecule has 3 rings (SSSR count). The Morgan fingerprint density at radius 1 is 1.17 bits per heavy atom. The highest BCUT2D eigenvalue weighted by Crippen LogP contribution is 2.37. The zero-order chi connectivity index (χ0) is 17.1. The molecule has 1 aliphatic heterocycles. The SMILES string of the molecule is COc1ccc(C(c2cccc(Cl)c2Cl)N2CCNCC2)cc1F. The fourth-order valence-corrected chi connectivity index (χ4v) is 3.52. The second kappa shape index (κ2) is 7.70. The Hall–Kier alpha value is -1.33. The lowest BCUT2D eigenvalue weighted by Crippen LogP contribution is -2.45. The Kier molecular flexibility index (Phi) is 5.61. The molecule has 1 heterocycles. The molecule has 3 nitrogen and oxygen atoms in total. The molecule has 0 amide bonds. The molecule has 6 heteroatoms. The van der Waals surface area contributed by atoms with Gasteiger partial charge < -0.3 is 10.1 Å². The van der Waals surface area contributed by atoms with E-state index in [-0.39, 0.29) is 17.6 Å². The first-order chi connectivity index (χ1) is 11.6. The minimum absolute atomic E-state index is 0.154. The van der Waals surface area contributed by atoms with Crippen LogP contribution in [0.4, 0.5) is 4.39 Å². The lowest BCUT2D eigenvalue weighted by atomic mass is 9.96. The third kappa shape index (κ3) is 3.52. The van der Waals surface area contributed by atoms with Crippen LogP contribution < -0.4 is 10.1 Å². The van der Waals surface area contributed by atoms with E-state index in [1.165, 1.54) is 13.2 Å². The van der Waals surface area contributed by atoms with Crippen LogP contribution in [-0.4, -0.2) is 38.2 Å². The van der Waals surface area contributed by atoms with Crippen molar-refractivity contribution in [1.29, 1.82) is 0 Å². The molecule has 24 heavy (non-hydrogen) atoms. The standard InChI is InChI=1S/C18H19Cl2FN2O/c1-24-16-6-5-12(11-15(16)21)18(23-9-7-22-8-10-23)13-3-2-4-14(19)17(13)20/h2-6,11,18,22H,7-10H2,1H3. The van der Waals surface area contributed by atoms with Crippen molar-refractivity contribution < 1.29 is 9.13 Å². The molecule has 1 N–H and O–H groups in total. The summed E-state index contributed by atoms with van der Waals surface area (Å²) >= 11 is 12.7. The third-order valence-electron chi connectivity index (χ3n) is 4.28. The number of piperazine rings is 1. The summed E-state index contributed by atoms with van der Waals surface area (Å²) in [7, 11) is 1.46. The first-order valence-electron chi connectivity index (χ1n) is 7.84. The van der Waals surface area contributed by atoms with Crippen molar-refractivity contribution in [2.24, 2.45) is 0 Å². The van der Waals surface area contributed by atoms with Gasteiger partial charge in [-0.15, -0.1) is 0 Å². The van der Waals surface area contributed by atoms with Gasteiger partial charge in [0.25, 0.3) is 0 Å². The van der Waals surface area contributed by atoms with Crippen LogP contribution in [0.15, 0.2) is 36.4 Å². The maximum Gasteiger partial charge on any atom is 0.165 e. The Labute approximate surface area is 151 Å². The van der Waals surface area contributed by atoms with Crippen LogP contribution in [0, 0.1) is 5.82 Å². The van der Waals surface area contributed by atoms with Crippen LogP contribution in [0.25, 0.3) is 0 Å². The van der Waals surface area contributed by atoms with E-state index in [1.54, 1.807) is 12.1 Å². The summed E-state index contributed by atoms with van der Waals surface area (Å²) in [5, 5.41) is 4.35. The van der Waals surface area contributed by atoms with Gasteiger partial charge in [0.2, 0.25) is 0 Å². The van der Waals surface area contributed by atoms with Crippen molar-refractivity contribution in [1.82, 2.24) is 10.2 Å². The van der Waals surface area contributed by atoms with E-state index in [9.17, 15) is 4.39 Å². The topological polar surface area (TPSA) is 24.5 Å². The molecule has 1 atom stereocenters. The molecule has 1 saturated heterocycles. The third-order valence-corrected chi connectivity index (χ3v) is 5.12. The van der Waals surface area contributed by atoms with Gasteiger partial charge >= 0.3 is 0 Å². The van der Waals surface area contributed by atoms with Gasteiger partial charge in [-0.05, 0) is 29.3 Å². The molecule has 0 spiro atoms. The van der Waals surface area contributed by atoms with E-state index in [0.29, 0.717) is 10.0 Å². The van der Waals surface area contributed by atoms with Gasteiger partial charge in [-0.1, -0.05) is 41.4 Å². The van der Waals surface area contributed by atoms with Crippen LogP contribution in [0.1, 0.15) is 17.2 Å². The van der Waals surface area contributed by atoms with Gasteiger partial charge in [0.1, 0.15) is 0 Å². The number of methoxy groups -OCH3 is 1. The van der Waals surface area contributed by atoms with E-state index in [4.69, 9.17) is 27.9 Å². The minimum atomic E-state index is -0.381. The molecule has 2 aromatic rings. The maximum absolute atomic E-state index is 14.3. The molecule has 1 aliphatic rings. The average molecular weight is 369 g/mol. The number of nitrogens with one attached hydrogen (secondary N) is 1. The number of ether oxygens (including phenoxy) is 1. The Morgan fingerprint density at radius 3 is 2.58 bits per heavy atom. The molecule has 128 valence electrons. The average Bonchev–Trinajstić information content (AvgIpc) is 2.60. The van der Waals surface area contributed by atoms with Crippen LogP contribution in [0.3, 0.4) is 0 Å². The highest BCUT2D eigenvalue weighted by atomic mass is 35.5. The summed E-state index contributed by atoms with van der Waals surface area (Å²) < 4.78 is 19.3. The predicted octanol–water partition coefficient (Wildman–Crippen LogP) is 4.14. The van der Waals surface area contributed by atoms with Crippen LogP contribution >= 0.6 is 23.2 Å². The number of hydrogen-bond acceptors (Lipinski definition) is 3. The van der Waals surface area contributed by atoms with Crippen molar-refractivity contribution in [2.45, 2.75) is 6.04 Å². The Morgan fingerprint density at radius 2 is 1.92 bits per heavy atom. The summed E-state index contributed by atoms with van der Waals surface area (Å²) in [4.78, 5) is 2.29. The van der Waals surface area contributed by atoms with Crippen molar-refractivity contribution in [2.75, 3.05) is 33.3 Å². The van der Waals surface area contributed by atoms with Crippen molar-refractivity contribution in [3.8, 4) is 5.75 Å². The lowest BCUT2D eigenvalue weighted by Gasteiger charge is -2.36. The summed E-state index contributed by atoms with van der Waals surface area (Å²) in [5.74, 6) is -0.150. The van der Waals surface area contributed by atoms with Crippen LogP contribution in [0.5, 0.6) is 5.75 Å². The molecule has 0 radical (unpaired) electrons. The van der Waals surface area contributed by atoms with Crippen molar-refractivity contribution >= 4 is 23.2 Å². The van der Waals surface area contributed by atoms with Gasteiger partial charge in [0.05, 0.1) is 23.2 Å². The molecule has 0 aliphatic carbocycles. The molecule has 0 bridgehead atoms. The zero-order valence-electron chi connectivity index (χ0n) is 13.4. The Balaban J connectivity index is 2.08. The smallest absolute Gasteiger partial charge is 0.165 e. The minimum Gasteiger partial charge on any atom is -0.494 e. The highest BCUT2D eigenvalue weighted by Gasteiger charge is 2.27. The molecule has 1 fully saturated rings. The van der Waals surface area contributed by atoms with Gasteiger partial charge in [-0.3, -0.25) is 4.90 Å². The maximum atomic E-state index is 14.3. The quantitative estimate of drug-likeness (QED) is 0.877. The van der Waals surface area contributed by atoms with E-state index in [1.807, 2.05) is 18.2 Å². The van der Waals surface area contributed by atoms with E-state index < -0.39 is 0 Å². The number of nitrogens with zero attached hydrogens (tertiary/aromatic N) is 1. The first kappa shape index (κ1) is 17.5. The summed E-state index contributed by atoms with van der Waals surface area (Å²) in [6.45, 7) is 3.46. The first-order valence-corrected chi connectivity index (χ1v) is 8.59. The largest absolute Gasteiger partial charge is 0.494 e. The van der Waals surface area contributed by atoms with Gasteiger partial charge in [0.15, 0.2) is 11.6 Å². The summed E-state index contributed by atoms with van der Waals surface area (Å²) in [6, 6.07) is 10.5. The van der Waals surface area contributed by atoms with Crippen LogP contribution in [-0.2, 0) is 0 Å². The van der Waals surface area contributed by atoms with Gasteiger partial charge in [-0.25, -0.2) is 4.39 Å². The van der Waals surface area contributed by atoms with Crippen molar-refractivity contribution in [3.05, 3.63) is 63.4 Å². The lowest BCUT2D eigenvalue weighted by molar-refractivity contribution is 0.198. The number of rotatable bonds is 4. The Bertz CT molecular complexity index is 720. The second-order valence-electron chi connectivity index (χ2n) is 5.73. The number of hydrogen-bond donors (Lipinski definition) is 1. The van der Waals surface area contributed by atoms with Crippen LogP contribution in [0.2, 0.25) is 10.0 Å². The summed E-state index contributed by atoms with van der Waals surface area (Å²) in [5.41, 5.74) is 1.72. The molecule has 0 saturated carbocycles. The zero-order valence-corrected chi connectivity index (χ0v) is 14.9. The van der Waals surface area contributed by atoms with E-state index >= 15 is 0 Å². The van der Waals surface area contributed by atoms with E-state index in [2.05, 4.69) is 10.2 Å². The fourth-order valence-electron chi connectivity index (χ4n) is 3.11. The fraction of sp³-hybridized carbons (Fsp3) is 0.333. The highest BCUT2D eigenvalue weighted by molar-refractivity contribution is 6.42. The number of benzene rings is 2. The molecule has 2 aromatic carbocycles.